The van der Waals surface area contributed by atoms with E-state index in [1.807, 2.05) is 45.0 Å². The number of amides is 2. The SMILES string of the molecule is CCCC[C@]1(CC)CS(=O)(=O)c2ccc(N(C)C)cc2[C@@H](Cc2cccc(NC(=O)N[C@@H]3O[C@H](COS(=O)(=O)O)[C@@H](O)[C@H](OCc4ccccc4)[C@H]3O)c2)[C@H]1O. The molecule has 6 N–H and O–H groups in total. The van der Waals surface area contributed by atoms with E-state index in [2.05, 4.69) is 14.8 Å². The molecule has 308 valence electrons. The van der Waals surface area contributed by atoms with Gasteiger partial charge in [0.25, 0.3) is 0 Å². The number of nitrogens with zero attached hydrogens (tertiary/aromatic N) is 1. The largest absolute Gasteiger partial charge is 0.397 e. The Morgan fingerprint density at radius 3 is 2.36 bits per heavy atom. The minimum atomic E-state index is -4.92. The third kappa shape index (κ3) is 10.4. The van der Waals surface area contributed by atoms with Crippen LogP contribution in [0, 0.1) is 5.41 Å². The topological polar surface area (TPSA) is 221 Å². The summed E-state index contributed by atoms with van der Waals surface area (Å²) in [5.74, 6) is -0.771. The Labute approximate surface area is 328 Å². The van der Waals surface area contributed by atoms with Crippen LogP contribution < -0.4 is 15.5 Å². The van der Waals surface area contributed by atoms with Crippen molar-refractivity contribution in [3.8, 4) is 0 Å². The number of nitrogens with one attached hydrogen (secondary N) is 2. The van der Waals surface area contributed by atoms with Crippen LogP contribution in [-0.4, -0.2) is 106 Å². The first-order valence-electron chi connectivity index (χ1n) is 18.6. The third-order valence-corrected chi connectivity index (χ3v) is 13.2. The maximum atomic E-state index is 14.0. The van der Waals surface area contributed by atoms with Gasteiger partial charge in [-0.2, -0.15) is 8.42 Å². The molecule has 2 aliphatic rings. The van der Waals surface area contributed by atoms with Crippen molar-refractivity contribution in [2.75, 3.05) is 36.7 Å². The summed E-state index contributed by atoms with van der Waals surface area (Å²) >= 11 is 0. The van der Waals surface area contributed by atoms with E-state index in [0.29, 0.717) is 35.2 Å². The molecule has 15 nitrogen and oxygen atoms in total. The number of rotatable bonds is 15. The summed E-state index contributed by atoms with van der Waals surface area (Å²) in [6.45, 7) is 3.07. The van der Waals surface area contributed by atoms with Crippen LogP contribution in [0.15, 0.2) is 77.7 Å². The zero-order chi connectivity index (χ0) is 40.8. The summed E-state index contributed by atoms with van der Waals surface area (Å²) in [5.41, 5.74) is 2.20. The van der Waals surface area contributed by atoms with Crippen molar-refractivity contribution in [1.29, 1.82) is 0 Å². The predicted molar refractivity (Wildman–Crippen MR) is 209 cm³/mol. The van der Waals surface area contributed by atoms with Crippen LogP contribution >= 0.6 is 0 Å². The van der Waals surface area contributed by atoms with E-state index in [1.165, 1.54) is 0 Å². The molecule has 0 aliphatic carbocycles. The van der Waals surface area contributed by atoms with Crippen molar-refractivity contribution in [1.82, 2.24) is 5.32 Å². The summed E-state index contributed by atoms with van der Waals surface area (Å²) in [5, 5.41) is 39.5. The quantitative estimate of drug-likeness (QED) is 0.120. The van der Waals surface area contributed by atoms with E-state index >= 15 is 0 Å². The van der Waals surface area contributed by atoms with Crippen LogP contribution in [-0.2, 0) is 46.9 Å². The van der Waals surface area contributed by atoms with E-state index in [9.17, 15) is 36.9 Å². The van der Waals surface area contributed by atoms with Crippen molar-refractivity contribution in [2.45, 2.75) is 100 Å². The van der Waals surface area contributed by atoms with Crippen molar-refractivity contribution in [2.24, 2.45) is 5.41 Å². The van der Waals surface area contributed by atoms with E-state index < -0.39 is 81.0 Å². The molecule has 0 spiro atoms. The molecule has 0 unspecified atom stereocenters. The molecule has 0 bridgehead atoms. The van der Waals surface area contributed by atoms with Crippen LogP contribution in [0.1, 0.15) is 62.1 Å². The number of urea groups is 1. The molecule has 0 radical (unpaired) electrons. The lowest BCUT2D eigenvalue weighted by molar-refractivity contribution is -0.246. The van der Waals surface area contributed by atoms with Gasteiger partial charge in [-0.25, -0.2) is 17.4 Å². The van der Waals surface area contributed by atoms with Gasteiger partial charge in [-0.1, -0.05) is 69.2 Å². The first kappa shape index (κ1) is 43.5. The van der Waals surface area contributed by atoms with E-state index in [-0.39, 0.29) is 23.7 Å². The highest BCUT2D eigenvalue weighted by Gasteiger charge is 2.49. The average molecular weight is 820 g/mol. The average Bonchev–Trinajstić information content (AvgIpc) is 3.21. The normalized spacial score (nSPS) is 27.5. The molecule has 0 aromatic heterocycles. The van der Waals surface area contributed by atoms with Crippen molar-refractivity contribution >= 4 is 37.6 Å². The predicted octanol–water partition coefficient (Wildman–Crippen LogP) is 3.79. The van der Waals surface area contributed by atoms with Crippen LogP contribution in [0.25, 0.3) is 0 Å². The van der Waals surface area contributed by atoms with Gasteiger partial charge in [0, 0.05) is 36.8 Å². The summed E-state index contributed by atoms with van der Waals surface area (Å²) in [4.78, 5) is 15.5. The number of carbonyl (C=O) groups excluding carboxylic acids is 1. The Balaban J connectivity index is 1.38. The van der Waals surface area contributed by atoms with E-state index in [0.717, 1.165) is 18.5 Å². The number of anilines is 2. The van der Waals surface area contributed by atoms with Crippen molar-refractivity contribution in [3.63, 3.8) is 0 Å². The second-order valence-electron chi connectivity index (χ2n) is 14.8. The van der Waals surface area contributed by atoms with Gasteiger partial charge in [0.15, 0.2) is 16.1 Å². The lowest BCUT2D eigenvalue weighted by atomic mass is 9.69. The number of sulfone groups is 1. The molecule has 5 rings (SSSR count). The van der Waals surface area contributed by atoms with Gasteiger partial charge in [0.1, 0.15) is 24.4 Å². The number of unbranched alkanes of at least 4 members (excludes halogenated alkanes) is 1. The molecular formula is C39H53N3O12S2. The summed E-state index contributed by atoms with van der Waals surface area (Å²) in [6.07, 6.45) is -5.72. The smallest absolute Gasteiger partial charge is 0.392 e. The Morgan fingerprint density at radius 2 is 1.70 bits per heavy atom. The molecule has 2 amide bonds. The Morgan fingerprint density at radius 1 is 0.982 bits per heavy atom. The van der Waals surface area contributed by atoms with Crippen LogP contribution in [0.3, 0.4) is 0 Å². The fraction of sp³-hybridized carbons (Fsp3) is 0.513. The minimum absolute atomic E-state index is 0.0439. The minimum Gasteiger partial charge on any atom is -0.392 e. The van der Waals surface area contributed by atoms with Crippen LogP contribution in [0.5, 0.6) is 0 Å². The molecule has 2 aliphatic heterocycles. The molecule has 1 fully saturated rings. The summed E-state index contributed by atoms with van der Waals surface area (Å²) in [7, 11) is -4.96. The maximum absolute atomic E-state index is 14.0. The maximum Gasteiger partial charge on any atom is 0.397 e. The number of benzene rings is 3. The standard InChI is InChI=1S/C39H53N3O12S2/c1-5-7-18-39(6-2)24-55(47,48)32-17-16-28(42(3)4)21-29(32)30(36(39)45)20-26-14-11-15-27(19-26)40-38(46)41-37-34(44)35(52-22-25-12-9-8-10-13-25)33(43)31(54-37)23-53-56(49,50)51/h8-17,19,21,30-31,33-37,43-45H,5-7,18,20,22-24H2,1-4H3,(H2,40,41,46)(H,49,50,51)/t30-,31-,33-,34-,35+,36-,37-,39-/m1/s1. The molecule has 3 aromatic rings. The van der Waals surface area contributed by atoms with Gasteiger partial charge >= 0.3 is 16.4 Å². The monoisotopic (exact) mass is 819 g/mol. The fourth-order valence-corrected chi connectivity index (χ4v) is 10.2. The van der Waals surface area contributed by atoms with E-state index in [1.54, 1.807) is 60.7 Å². The van der Waals surface area contributed by atoms with Gasteiger partial charge in [-0.3, -0.25) is 4.55 Å². The molecule has 17 heteroatoms. The number of aliphatic hydroxyl groups is 3. The van der Waals surface area contributed by atoms with E-state index in [4.69, 9.17) is 14.0 Å². The summed E-state index contributed by atoms with van der Waals surface area (Å²) < 4.78 is 75.6. The molecule has 0 saturated carbocycles. The van der Waals surface area contributed by atoms with Crippen LogP contribution in [0.2, 0.25) is 0 Å². The van der Waals surface area contributed by atoms with Gasteiger partial charge in [-0.15, -0.1) is 0 Å². The highest BCUT2D eigenvalue weighted by molar-refractivity contribution is 7.91. The summed E-state index contributed by atoms with van der Waals surface area (Å²) in [6, 6.07) is 20.2. The zero-order valence-electron chi connectivity index (χ0n) is 31.9. The zero-order valence-corrected chi connectivity index (χ0v) is 33.6. The number of fused-ring (bicyclic) bond motifs is 1. The molecule has 56 heavy (non-hydrogen) atoms. The van der Waals surface area contributed by atoms with Crippen molar-refractivity contribution in [3.05, 3.63) is 89.5 Å². The van der Waals surface area contributed by atoms with Gasteiger partial charge < -0.3 is 40.3 Å². The first-order valence-corrected chi connectivity index (χ1v) is 21.7. The number of hydrogen-bond donors (Lipinski definition) is 6. The van der Waals surface area contributed by atoms with Gasteiger partial charge in [-0.05, 0) is 66.3 Å². The number of carbonyl (C=O) groups is 1. The molecular weight excluding hydrogens is 767 g/mol. The molecule has 8 atom stereocenters. The lowest BCUT2D eigenvalue weighted by Gasteiger charge is -2.42. The Kier molecular flexibility index (Phi) is 14.2. The second kappa shape index (κ2) is 18.3. The van der Waals surface area contributed by atoms with Crippen LogP contribution in [0.4, 0.5) is 16.2 Å². The van der Waals surface area contributed by atoms with Gasteiger partial charge in [0.05, 0.1) is 30.0 Å². The molecule has 2 heterocycles. The molecule has 1 saturated heterocycles. The Hall–Kier alpha value is -3.65. The highest BCUT2D eigenvalue weighted by atomic mass is 32.3. The fourth-order valence-electron chi connectivity index (χ4n) is 7.62. The second-order valence-corrected chi connectivity index (χ2v) is 17.8. The number of ether oxygens (including phenoxy) is 2. The Bertz CT molecular complexity index is 2020. The third-order valence-electron chi connectivity index (χ3n) is 10.7. The lowest BCUT2D eigenvalue weighted by Crippen LogP contribution is -2.64. The van der Waals surface area contributed by atoms with Gasteiger partial charge in [0.2, 0.25) is 0 Å². The van der Waals surface area contributed by atoms with Crippen molar-refractivity contribution < 1.29 is 55.2 Å². The first-order chi connectivity index (χ1) is 26.5. The number of aliphatic hydroxyl groups excluding tert-OH is 3. The number of hydrogen-bond acceptors (Lipinski definition) is 12. The molecule has 3 aromatic carbocycles. The highest BCUT2D eigenvalue weighted by Crippen LogP contribution is 2.48.